The van der Waals surface area contributed by atoms with Gasteiger partial charge < -0.3 is 4.74 Å². The molecule has 1 saturated heterocycles. The molecule has 1 fully saturated rings. The molecule has 0 aliphatic carbocycles. The number of nitrogens with one attached hydrogen (secondary N) is 1. The average molecular weight is 187 g/mol. The molecule has 1 N–H and O–H groups in total. The smallest absolute Gasteiger partial charge is 0.272 e. The van der Waals surface area contributed by atoms with Gasteiger partial charge in [0.1, 0.15) is 6.10 Å². The van der Waals surface area contributed by atoms with E-state index >= 15 is 0 Å². The predicted molar refractivity (Wildman–Crippen MR) is 47.9 cm³/mol. The van der Waals surface area contributed by atoms with E-state index in [1.807, 2.05) is 13.8 Å². The molecule has 1 aliphatic heterocycles. The van der Waals surface area contributed by atoms with Gasteiger partial charge in [0, 0.05) is 6.61 Å². The first kappa shape index (κ1) is 10.5. The Morgan fingerprint density at radius 3 is 3.00 bits per heavy atom. The van der Waals surface area contributed by atoms with E-state index in [9.17, 15) is 4.79 Å². The molecule has 0 aromatic rings. The van der Waals surface area contributed by atoms with Crippen molar-refractivity contribution in [2.45, 2.75) is 32.8 Å². The van der Waals surface area contributed by atoms with E-state index in [2.05, 4.69) is 5.48 Å². The minimum atomic E-state index is -0.299. The molecule has 0 bridgehead atoms. The predicted octanol–water partition coefficient (Wildman–Crippen LogP) is 0.869. The molecule has 13 heavy (non-hydrogen) atoms. The normalized spacial score (nSPS) is 22.2. The molecule has 1 unspecified atom stereocenters. The van der Waals surface area contributed by atoms with Crippen LogP contribution in [0.5, 0.6) is 0 Å². The number of hydrogen-bond donors (Lipinski definition) is 1. The summed E-state index contributed by atoms with van der Waals surface area (Å²) in [6.45, 7) is 5.27. The SMILES string of the molecule is CC(C)CONC(=O)C1CCCO1. The van der Waals surface area contributed by atoms with E-state index in [4.69, 9.17) is 9.57 Å². The van der Waals surface area contributed by atoms with Gasteiger partial charge in [-0.25, -0.2) is 5.48 Å². The van der Waals surface area contributed by atoms with E-state index < -0.39 is 0 Å². The molecule has 0 spiro atoms. The van der Waals surface area contributed by atoms with Gasteiger partial charge in [-0.1, -0.05) is 13.8 Å². The molecule has 4 heteroatoms. The summed E-state index contributed by atoms with van der Waals surface area (Å²) in [4.78, 5) is 16.3. The van der Waals surface area contributed by atoms with Crippen molar-refractivity contribution in [3.05, 3.63) is 0 Å². The van der Waals surface area contributed by atoms with Crippen molar-refractivity contribution in [2.75, 3.05) is 13.2 Å². The van der Waals surface area contributed by atoms with Crippen LogP contribution < -0.4 is 5.48 Å². The third-order valence-corrected chi connectivity index (χ3v) is 1.81. The van der Waals surface area contributed by atoms with Crippen molar-refractivity contribution >= 4 is 5.91 Å². The van der Waals surface area contributed by atoms with E-state index in [0.717, 1.165) is 12.8 Å². The number of carbonyl (C=O) groups is 1. The van der Waals surface area contributed by atoms with Crippen LogP contribution in [0.3, 0.4) is 0 Å². The highest BCUT2D eigenvalue weighted by Gasteiger charge is 2.23. The van der Waals surface area contributed by atoms with Gasteiger partial charge in [-0.05, 0) is 18.8 Å². The lowest BCUT2D eigenvalue weighted by Gasteiger charge is -2.11. The third kappa shape index (κ3) is 3.74. The number of amides is 1. The van der Waals surface area contributed by atoms with Crippen LogP contribution in [-0.4, -0.2) is 25.2 Å². The summed E-state index contributed by atoms with van der Waals surface area (Å²) in [5.74, 6) is 0.267. The van der Waals surface area contributed by atoms with Gasteiger partial charge >= 0.3 is 0 Å². The van der Waals surface area contributed by atoms with Gasteiger partial charge in [-0.15, -0.1) is 0 Å². The molecule has 4 nitrogen and oxygen atoms in total. The Morgan fingerprint density at radius 1 is 1.69 bits per heavy atom. The van der Waals surface area contributed by atoms with Crippen molar-refractivity contribution in [1.82, 2.24) is 5.48 Å². The summed E-state index contributed by atoms with van der Waals surface area (Å²) in [5, 5.41) is 0. The molecular weight excluding hydrogens is 170 g/mol. The first-order valence-electron chi connectivity index (χ1n) is 4.73. The standard InChI is InChI=1S/C9H17NO3/c1-7(2)6-13-10-9(11)8-4-3-5-12-8/h7-8H,3-6H2,1-2H3,(H,10,11). The molecule has 0 saturated carbocycles. The van der Waals surface area contributed by atoms with Gasteiger partial charge in [0.25, 0.3) is 5.91 Å². The Balaban J connectivity index is 2.10. The monoisotopic (exact) mass is 187 g/mol. The molecule has 1 aliphatic rings. The zero-order valence-electron chi connectivity index (χ0n) is 8.21. The van der Waals surface area contributed by atoms with Crippen molar-refractivity contribution < 1.29 is 14.4 Å². The minimum absolute atomic E-state index is 0.154. The Labute approximate surface area is 78.5 Å². The Bertz CT molecular complexity index is 164. The average Bonchev–Trinajstić information content (AvgIpc) is 2.55. The second-order valence-electron chi connectivity index (χ2n) is 3.67. The van der Waals surface area contributed by atoms with Crippen LogP contribution in [0.25, 0.3) is 0 Å². The highest BCUT2D eigenvalue weighted by atomic mass is 16.7. The van der Waals surface area contributed by atoms with Crippen LogP contribution in [0.4, 0.5) is 0 Å². The fourth-order valence-electron chi connectivity index (χ4n) is 1.13. The molecule has 1 rings (SSSR count). The maximum Gasteiger partial charge on any atom is 0.272 e. The summed E-state index contributed by atoms with van der Waals surface area (Å²) >= 11 is 0. The van der Waals surface area contributed by atoms with Gasteiger partial charge in [-0.2, -0.15) is 0 Å². The lowest BCUT2D eigenvalue weighted by molar-refractivity contribution is -0.143. The zero-order chi connectivity index (χ0) is 9.68. The third-order valence-electron chi connectivity index (χ3n) is 1.81. The summed E-state index contributed by atoms with van der Waals surface area (Å²) in [6.07, 6.45) is 1.46. The van der Waals surface area contributed by atoms with E-state index in [1.54, 1.807) is 0 Å². The number of carbonyl (C=O) groups excluding carboxylic acids is 1. The first-order chi connectivity index (χ1) is 6.20. The minimum Gasteiger partial charge on any atom is -0.368 e. The largest absolute Gasteiger partial charge is 0.368 e. The lowest BCUT2D eigenvalue weighted by Crippen LogP contribution is -2.34. The van der Waals surface area contributed by atoms with Crippen LogP contribution in [-0.2, 0) is 14.4 Å². The van der Waals surface area contributed by atoms with E-state index in [1.165, 1.54) is 0 Å². The van der Waals surface area contributed by atoms with Crippen molar-refractivity contribution in [1.29, 1.82) is 0 Å². The number of hydrogen-bond acceptors (Lipinski definition) is 3. The highest BCUT2D eigenvalue weighted by molar-refractivity contribution is 5.79. The first-order valence-corrected chi connectivity index (χ1v) is 4.73. The second-order valence-corrected chi connectivity index (χ2v) is 3.67. The highest BCUT2D eigenvalue weighted by Crippen LogP contribution is 2.11. The molecule has 1 atom stereocenters. The van der Waals surface area contributed by atoms with E-state index in [0.29, 0.717) is 19.1 Å². The molecule has 0 aromatic heterocycles. The Kier molecular flexibility index (Phi) is 4.18. The number of hydroxylamine groups is 1. The molecule has 0 aromatic carbocycles. The maximum absolute atomic E-state index is 11.3. The summed E-state index contributed by atoms with van der Waals surface area (Å²) in [5.41, 5.74) is 2.39. The molecule has 1 amide bonds. The van der Waals surface area contributed by atoms with Crippen LogP contribution >= 0.6 is 0 Å². The fourth-order valence-corrected chi connectivity index (χ4v) is 1.13. The molecule has 0 radical (unpaired) electrons. The molecule has 1 heterocycles. The number of rotatable bonds is 4. The van der Waals surface area contributed by atoms with Crippen LogP contribution in [0.15, 0.2) is 0 Å². The summed E-state index contributed by atoms with van der Waals surface area (Å²) in [6, 6.07) is 0. The summed E-state index contributed by atoms with van der Waals surface area (Å²) < 4.78 is 5.18. The van der Waals surface area contributed by atoms with Gasteiger partial charge in [-0.3, -0.25) is 9.63 Å². The topological polar surface area (TPSA) is 47.6 Å². The Hall–Kier alpha value is -0.610. The molecular formula is C9H17NO3. The fraction of sp³-hybridized carbons (Fsp3) is 0.889. The maximum atomic E-state index is 11.3. The second kappa shape index (κ2) is 5.19. The van der Waals surface area contributed by atoms with Gasteiger partial charge in [0.2, 0.25) is 0 Å². The molecule has 76 valence electrons. The lowest BCUT2D eigenvalue weighted by atomic mass is 10.2. The quantitative estimate of drug-likeness (QED) is 0.664. The summed E-state index contributed by atoms with van der Waals surface area (Å²) in [7, 11) is 0. The van der Waals surface area contributed by atoms with Crippen LogP contribution in [0, 0.1) is 5.92 Å². The Morgan fingerprint density at radius 2 is 2.46 bits per heavy atom. The van der Waals surface area contributed by atoms with Crippen molar-refractivity contribution in [2.24, 2.45) is 5.92 Å². The van der Waals surface area contributed by atoms with Crippen LogP contribution in [0.1, 0.15) is 26.7 Å². The van der Waals surface area contributed by atoms with Gasteiger partial charge in [0.15, 0.2) is 0 Å². The van der Waals surface area contributed by atoms with Crippen molar-refractivity contribution in [3.63, 3.8) is 0 Å². The van der Waals surface area contributed by atoms with Crippen molar-refractivity contribution in [3.8, 4) is 0 Å². The zero-order valence-corrected chi connectivity index (χ0v) is 8.21. The number of ether oxygens (including phenoxy) is 1. The van der Waals surface area contributed by atoms with Crippen LogP contribution in [0.2, 0.25) is 0 Å². The van der Waals surface area contributed by atoms with Gasteiger partial charge in [0.05, 0.1) is 6.61 Å². The van der Waals surface area contributed by atoms with E-state index in [-0.39, 0.29) is 12.0 Å².